The number of aromatic nitrogens is 7. The number of carbonyl (C=O) groups is 1. The van der Waals surface area contributed by atoms with Crippen LogP contribution in [-0.2, 0) is 26.3 Å². The topological polar surface area (TPSA) is 94.6 Å². The molecule has 0 N–H and O–H groups in total. The van der Waals surface area contributed by atoms with Gasteiger partial charge in [-0.1, -0.05) is 5.21 Å². The highest BCUT2D eigenvalue weighted by Crippen LogP contribution is 2.29. The van der Waals surface area contributed by atoms with Crippen molar-refractivity contribution in [1.29, 1.82) is 0 Å². The van der Waals surface area contributed by atoms with Crippen LogP contribution >= 0.6 is 0 Å². The number of halogens is 3. The molecule has 3 aromatic heterocycles. The average Bonchev–Trinajstić information content (AvgIpc) is 3.17. The molecule has 25 heavy (non-hydrogen) atoms. The summed E-state index contributed by atoms with van der Waals surface area (Å²) in [4.78, 5) is 18.3. The summed E-state index contributed by atoms with van der Waals surface area (Å²) in [6.07, 6.45) is -3.11. The van der Waals surface area contributed by atoms with Crippen molar-refractivity contribution in [3.63, 3.8) is 0 Å². The van der Waals surface area contributed by atoms with Gasteiger partial charge in [0.2, 0.25) is 5.82 Å². The van der Waals surface area contributed by atoms with Crippen LogP contribution < -0.4 is 0 Å². The highest BCUT2D eigenvalue weighted by molar-refractivity contribution is 6.03. The van der Waals surface area contributed by atoms with Crippen molar-refractivity contribution in [2.75, 3.05) is 6.54 Å². The molecule has 0 atom stereocenters. The zero-order valence-corrected chi connectivity index (χ0v) is 12.9. The van der Waals surface area contributed by atoms with E-state index in [2.05, 4.69) is 25.5 Å². The van der Waals surface area contributed by atoms with Gasteiger partial charge < -0.3 is 9.47 Å². The Bertz CT molecular complexity index is 975. The highest BCUT2D eigenvalue weighted by atomic mass is 19.4. The molecule has 4 rings (SSSR count). The Labute approximate surface area is 138 Å². The molecule has 130 valence electrons. The molecule has 0 bridgehead atoms. The lowest BCUT2D eigenvalue weighted by Crippen LogP contribution is -2.39. The average molecular weight is 352 g/mol. The van der Waals surface area contributed by atoms with Crippen molar-refractivity contribution >= 4 is 17.1 Å². The number of amides is 1. The first kappa shape index (κ1) is 15.5. The Morgan fingerprint density at radius 2 is 2.00 bits per heavy atom. The van der Waals surface area contributed by atoms with Crippen molar-refractivity contribution in [3.05, 3.63) is 29.5 Å². The molecular weight excluding hydrogens is 341 g/mol. The van der Waals surface area contributed by atoms with E-state index >= 15 is 0 Å². The van der Waals surface area contributed by atoms with Gasteiger partial charge in [-0.3, -0.25) is 4.79 Å². The number of hydrogen-bond acceptors (Lipinski definition) is 6. The number of hydrogen-bond donors (Lipinski definition) is 0. The van der Waals surface area contributed by atoms with E-state index in [0.29, 0.717) is 16.7 Å². The minimum absolute atomic E-state index is 0.0301. The van der Waals surface area contributed by atoms with Crippen LogP contribution in [0.4, 0.5) is 13.2 Å². The van der Waals surface area contributed by atoms with Crippen molar-refractivity contribution < 1.29 is 18.0 Å². The van der Waals surface area contributed by atoms with Crippen LogP contribution in [0.15, 0.2) is 12.3 Å². The second kappa shape index (κ2) is 5.22. The minimum Gasteiger partial charge on any atom is -0.329 e. The Morgan fingerprint density at radius 1 is 1.20 bits per heavy atom. The number of aryl methyl sites for hydroxylation is 1. The molecule has 0 unspecified atom stereocenters. The molecule has 0 spiro atoms. The molecule has 0 fully saturated rings. The molecule has 12 heteroatoms. The molecule has 1 amide bonds. The fourth-order valence-electron chi connectivity index (χ4n) is 2.82. The SMILES string of the molecule is Cn1nnc2c(C(=O)N3CCn4c(nnc4C(F)(F)F)C3)ccnc21. The van der Waals surface area contributed by atoms with Gasteiger partial charge in [0.15, 0.2) is 11.5 Å². The van der Waals surface area contributed by atoms with Gasteiger partial charge in [0.25, 0.3) is 5.91 Å². The molecule has 1 aliphatic heterocycles. The van der Waals surface area contributed by atoms with Crippen molar-refractivity contribution in [3.8, 4) is 0 Å². The van der Waals surface area contributed by atoms with Crippen LogP contribution in [-0.4, -0.2) is 52.1 Å². The van der Waals surface area contributed by atoms with Gasteiger partial charge in [-0.05, 0) is 6.07 Å². The lowest BCUT2D eigenvalue weighted by molar-refractivity contribution is -0.147. The van der Waals surface area contributed by atoms with Gasteiger partial charge in [-0.25, -0.2) is 9.67 Å². The van der Waals surface area contributed by atoms with Crippen LogP contribution in [0.5, 0.6) is 0 Å². The van der Waals surface area contributed by atoms with Gasteiger partial charge in [0.1, 0.15) is 5.52 Å². The fraction of sp³-hybridized carbons (Fsp3) is 0.385. The number of nitrogens with zero attached hydrogens (tertiary/aromatic N) is 8. The summed E-state index contributed by atoms with van der Waals surface area (Å²) in [5.41, 5.74) is 1.09. The lowest BCUT2D eigenvalue weighted by Gasteiger charge is -2.28. The fourth-order valence-corrected chi connectivity index (χ4v) is 2.82. The van der Waals surface area contributed by atoms with Gasteiger partial charge in [0, 0.05) is 26.3 Å². The standard InChI is InChI=1S/C13H11F3N8O/c1-22-10-9(19-21-22)7(2-3-17-10)11(25)23-4-5-24-8(6-23)18-20-12(24)13(14,15)16/h2-3H,4-6H2,1H3. The number of carbonyl (C=O) groups excluding carboxylic acids is 1. The maximum absolute atomic E-state index is 12.9. The molecule has 0 saturated carbocycles. The second-order valence-electron chi connectivity index (χ2n) is 5.56. The van der Waals surface area contributed by atoms with Gasteiger partial charge >= 0.3 is 6.18 Å². The maximum Gasteiger partial charge on any atom is 0.451 e. The Morgan fingerprint density at radius 3 is 2.76 bits per heavy atom. The van der Waals surface area contributed by atoms with Crippen molar-refractivity contribution in [2.24, 2.45) is 7.05 Å². The molecule has 0 aliphatic carbocycles. The largest absolute Gasteiger partial charge is 0.451 e. The van der Waals surface area contributed by atoms with Gasteiger partial charge in [0.05, 0.1) is 12.1 Å². The molecule has 1 aliphatic rings. The molecule has 0 saturated heterocycles. The molecule has 0 radical (unpaired) electrons. The molecule has 4 heterocycles. The van der Waals surface area contributed by atoms with E-state index in [9.17, 15) is 18.0 Å². The monoisotopic (exact) mass is 352 g/mol. The van der Waals surface area contributed by atoms with E-state index in [0.717, 1.165) is 4.57 Å². The van der Waals surface area contributed by atoms with Crippen LogP contribution in [0.3, 0.4) is 0 Å². The molecule has 0 aromatic carbocycles. The predicted molar refractivity (Wildman–Crippen MR) is 76.1 cm³/mol. The molecule has 3 aromatic rings. The number of fused-ring (bicyclic) bond motifs is 2. The summed E-state index contributed by atoms with van der Waals surface area (Å²) in [6, 6.07) is 1.51. The first-order valence-electron chi connectivity index (χ1n) is 7.29. The predicted octanol–water partition coefficient (Wildman–Crippen LogP) is 0.630. The Hall–Kier alpha value is -3.05. The third-order valence-electron chi connectivity index (χ3n) is 4.01. The van der Waals surface area contributed by atoms with Crippen LogP contribution in [0, 0.1) is 0 Å². The van der Waals surface area contributed by atoms with Crippen molar-refractivity contribution in [2.45, 2.75) is 19.3 Å². The van der Waals surface area contributed by atoms with Crippen LogP contribution in [0.25, 0.3) is 11.2 Å². The van der Waals surface area contributed by atoms with Gasteiger partial charge in [-0.15, -0.1) is 15.3 Å². The highest BCUT2D eigenvalue weighted by Gasteiger charge is 2.40. The number of pyridine rings is 1. The smallest absolute Gasteiger partial charge is 0.329 e. The lowest BCUT2D eigenvalue weighted by atomic mass is 10.2. The van der Waals surface area contributed by atoms with Crippen LogP contribution in [0.1, 0.15) is 22.0 Å². The third-order valence-corrected chi connectivity index (χ3v) is 4.01. The minimum atomic E-state index is -4.58. The second-order valence-corrected chi connectivity index (χ2v) is 5.56. The van der Waals surface area contributed by atoms with E-state index in [4.69, 9.17) is 0 Å². The van der Waals surface area contributed by atoms with Gasteiger partial charge in [-0.2, -0.15) is 13.2 Å². The van der Waals surface area contributed by atoms with E-state index in [-0.39, 0.29) is 31.4 Å². The summed E-state index contributed by atoms with van der Waals surface area (Å²) < 4.78 is 41.1. The maximum atomic E-state index is 12.9. The van der Waals surface area contributed by atoms with E-state index < -0.39 is 12.0 Å². The molecule has 9 nitrogen and oxygen atoms in total. The number of rotatable bonds is 1. The third kappa shape index (κ3) is 2.40. The van der Waals surface area contributed by atoms with Crippen molar-refractivity contribution in [1.82, 2.24) is 39.6 Å². The number of alkyl halides is 3. The Kier molecular flexibility index (Phi) is 3.23. The van der Waals surface area contributed by atoms with E-state index in [1.165, 1.54) is 21.8 Å². The summed E-state index contributed by atoms with van der Waals surface area (Å²) in [5, 5.41) is 14.5. The Balaban J connectivity index is 1.65. The quantitative estimate of drug-likeness (QED) is 0.638. The van der Waals surface area contributed by atoms with E-state index in [1.807, 2.05) is 0 Å². The normalized spacial score (nSPS) is 14.8. The first-order valence-corrected chi connectivity index (χ1v) is 7.29. The molecular formula is C13H11F3N8O. The summed E-state index contributed by atoms with van der Waals surface area (Å²) in [6.45, 7) is 0.0145. The van der Waals surface area contributed by atoms with E-state index in [1.54, 1.807) is 7.05 Å². The summed E-state index contributed by atoms with van der Waals surface area (Å²) >= 11 is 0. The summed E-state index contributed by atoms with van der Waals surface area (Å²) in [7, 11) is 1.65. The zero-order valence-electron chi connectivity index (χ0n) is 12.9. The summed E-state index contributed by atoms with van der Waals surface area (Å²) in [5.74, 6) is -1.32. The van der Waals surface area contributed by atoms with Crippen LogP contribution in [0.2, 0.25) is 0 Å². The zero-order chi connectivity index (χ0) is 17.8. The first-order chi connectivity index (χ1) is 11.9.